The summed E-state index contributed by atoms with van der Waals surface area (Å²) in [6, 6.07) is 2.39. The number of ether oxygens (including phenoxy) is 1. The van der Waals surface area contributed by atoms with Crippen LogP contribution in [0.2, 0.25) is 0 Å². The Morgan fingerprint density at radius 1 is 1.30 bits per heavy atom. The van der Waals surface area contributed by atoms with Crippen molar-refractivity contribution < 1.29 is 4.74 Å². The fraction of sp³-hybridized carbons (Fsp3) is 0.684. The Bertz CT molecular complexity index is 572. The number of nitrogens with zero attached hydrogens (tertiary/aromatic N) is 1. The monoisotopic (exact) mass is 445 g/mol. The van der Waals surface area contributed by atoms with E-state index in [9.17, 15) is 0 Å². The summed E-state index contributed by atoms with van der Waals surface area (Å²) in [5.74, 6) is 1.75. The van der Waals surface area contributed by atoms with Gasteiger partial charge in [0, 0.05) is 25.1 Å². The molecule has 23 heavy (non-hydrogen) atoms. The van der Waals surface area contributed by atoms with Gasteiger partial charge in [-0.3, -0.25) is 0 Å². The molecule has 2 heterocycles. The highest BCUT2D eigenvalue weighted by molar-refractivity contribution is 14.1. The number of hydrogen-bond acceptors (Lipinski definition) is 3. The number of thiophene rings is 1. The maximum Gasteiger partial charge on any atom is 0.0812 e. The Morgan fingerprint density at radius 2 is 2.04 bits per heavy atom. The van der Waals surface area contributed by atoms with Gasteiger partial charge in [0.05, 0.1) is 9.49 Å². The van der Waals surface area contributed by atoms with Crippen molar-refractivity contribution >= 4 is 39.5 Å². The predicted octanol–water partition coefficient (Wildman–Crippen LogP) is 5.41. The van der Waals surface area contributed by atoms with Crippen molar-refractivity contribution in [3.63, 3.8) is 0 Å². The summed E-state index contributed by atoms with van der Waals surface area (Å²) < 4.78 is 6.84. The minimum Gasteiger partial charge on any atom is -0.379 e. The number of halogens is 1. The van der Waals surface area contributed by atoms with Gasteiger partial charge in [-0.2, -0.15) is 0 Å². The Labute approximate surface area is 158 Å². The highest BCUT2D eigenvalue weighted by Crippen LogP contribution is 2.42. The third kappa shape index (κ3) is 4.20. The molecule has 0 saturated heterocycles. The van der Waals surface area contributed by atoms with Gasteiger partial charge in [-0.25, -0.2) is 0 Å². The average molecular weight is 445 g/mol. The highest BCUT2D eigenvalue weighted by atomic mass is 127. The van der Waals surface area contributed by atoms with E-state index in [-0.39, 0.29) is 0 Å². The topological polar surface area (TPSA) is 12.5 Å². The Morgan fingerprint density at radius 3 is 2.74 bits per heavy atom. The van der Waals surface area contributed by atoms with Crippen LogP contribution in [0, 0.1) is 14.7 Å². The third-order valence-corrected chi connectivity index (χ3v) is 7.34. The van der Waals surface area contributed by atoms with E-state index in [2.05, 4.69) is 47.5 Å². The lowest BCUT2D eigenvalue weighted by atomic mass is 9.75. The maximum absolute atomic E-state index is 5.47. The molecule has 1 aliphatic carbocycles. The number of hydrogen-bond donors (Lipinski definition) is 0. The van der Waals surface area contributed by atoms with E-state index in [0.717, 1.165) is 25.0 Å². The summed E-state index contributed by atoms with van der Waals surface area (Å²) >= 11 is 4.35. The van der Waals surface area contributed by atoms with Crippen molar-refractivity contribution in [2.24, 2.45) is 11.8 Å². The van der Waals surface area contributed by atoms with Gasteiger partial charge in [-0.15, -0.1) is 11.3 Å². The zero-order valence-corrected chi connectivity index (χ0v) is 17.5. The smallest absolute Gasteiger partial charge is 0.0812 e. The first-order valence-corrected chi connectivity index (χ1v) is 10.7. The summed E-state index contributed by atoms with van der Waals surface area (Å²) in [7, 11) is 4.06. The summed E-state index contributed by atoms with van der Waals surface area (Å²) in [5.41, 5.74) is 4.85. The van der Waals surface area contributed by atoms with Crippen molar-refractivity contribution in [1.29, 1.82) is 0 Å². The van der Waals surface area contributed by atoms with Gasteiger partial charge in [0.25, 0.3) is 0 Å². The van der Waals surface area contributed by atoms with Gasteiger partial charge in [0.1, 0.15) is 0 Å². The van der Waals surface area contributed by atoms with Crippen LogP contribution in [0.4, 0.5) is 0 Å². The van der Waals surface area contributed by atoms with Gasteiger partial charge in [-0.1, -0.05) is 25.3 Å². The minimum absolute atomic E-state index is 0.741. The van der Waals surface area contributed by atoms with E-state index in [0.29, 0.717) is 0 Å². The SMILES string of the molecule is COCc1sc(I)cc1C1=C(C2CCC(C)CC2)CCN(C)C1. The summed E-state index contributed by atoms with van der Waals surface area (Å²) in [4.78, 5) is 3.88. The maximum atomic E-state index is 5.47. The van der Waals surface area contributed by atoms with E-state index < -0.39 is 0 Å². The Kier molecular flexibility index (Phi) is 6.21. The van der Waals surface area contributed by atoms with E-state index in [4.69, 9.17) is 4.74 Å². The van der Waals surface area contributed by atoms with Crippen LogP contribution in [0.5, 0.6) is 0 Å². The normalized spacial score (nSPS) is 26.8. The molecule has 1 saturated carbocycles. The van der Waals surface area contributed by atoms with Crippen LogP contribution in [0.25, 0.3) is 5.57 Å². The molecule has 3 rings (SSSR count). The molecule has 0 spiro atoms. The molecular formula is C19H28INOS. The van der Waals surface area contributed by atoms with Gasteiger partial charge in [0.2, 0.25) is 0 Å². The summed E-state index contributed by atoms with van der Waals surface area (Å²) in [5, 5.41) is 0. The second kappa shape index (κ2) is 7.98. The lowest BCUT2D eigenvalue weighted by Crippen LogP contribution is -2.30. The molecule has 0 radical (unpaired) electrons. The molecule has 0 amide bonds. The van der Waals surface area contributed by atoms with E-state index in [1.807, 2.05) is 11.3 Å². The molecule has 0 bridgehead atoms. The van der Waals surface area contributed by atoms with Crippen LogP contribution < -0.4 is 0 Å². The fourth-order valence-corrected chi connectivity index (χ4v) is 6.11. The molecule has 1 aromatic heterocycles. The Hall–Kier alpha value is 0.0900. The lowest BCUT2D eigenvalue weighted by Gasteiger charge is -2.35. The van der Waals surface area contributed by atoms with E-state index in [1.165, 1.54) is 52.0 Å². The third-order valence-electron chi connectivity index (χ3n) is 5.47. The Balaban J connectivity index is 1.96. The van der Waals surface area contributed by atoms with Gasteiger partial charge in [-0.05, 0) is 77.9 Å². The molecule has 1 aliphatic heterocycles. The molecule has 2 aliphatic rings. The molecule has 0 aromatic carbocycles. The van der Waals surface area contributed by atoms with Crippen molar-refractivity contribution in [2.45, 2.75) is 45.6 Å². The number of rotatable bonds is 4. The van der Waals surface area contributed by atoms with Crippen LogP contribution in [-0.4, -0.2) is 32.1 Å². The van der Waals surface area contributed by atoms with Crippen molar-refractivity contribution in [2.75, 3.05) is 27.2 Å². The van der Waals surface area contributed by atoms with Gasteiger partial charge in [0.15, 0.2) is 0 Å². The molecular weight excluding hydrogens is 417 g/mol. The lowest BCUT2D eigenvalue weighted by molar-refractivity contribution is 0.187. The average Bonchev–Trinajstić information content (AvgIpc) is 2.89. The molecule has 1 aromatic rings. The minimum atomic E-state index is 0.741. The van der Waals surface area contributed by atoms with Crippen molar-refractivity contribution in [3.8, 4) is 0 Å². The second-order valence-corrected chi connectivity index (χ2v) is 10.3. The standard InChI is InChI=1S/C19H28INOS/c1-13-4-6-14(7-5-13)15-8-9-21(2)11-17(15)16-10-19(20)23-18(16)12-22-3/h10,13-14H,4-9,11-12H2,1-3H3. The van der Waals surface area contributed by atoms with E-state index in [1.54, 1.807) is 18.3 Å². The predicted molar refractivity (Wildman–Crippen MR) is 108 cm³/mol. The molecule has 0 N–H and O–H groups in total. The first-order chi connectivity index (χ1) is 11.1. The van der Waals surface area contributed by atoms with Crippen molar-refractivity contribution in [3.05, 3.63) is 25.0 Å². The number of likely N-dealkylation sites (N-methyl/N-ethyl adjacent to an activating group) is 1. The van der Waals surface area contributed by atoms with E-state index >= 15 is 0 Å². The first kappa shape index (κ1) is 17.9. The fourth-order valence-electron chi connectivity index (χ4n) is 4.12. The molecule has 128 valence electrons. The zero-order valence-electron chi connectivity index (χ0n) is 14.5. The highest BCUT2D eigenvalue weighted by Gasteiger charge is 2.28. The quantitative estimate of drug-likeness (QED) is 0.575. The number of methoxy groups -OCH3 is 1. The van der Waals surface area contributed by atoms with Crippen LogP contribution in [0.15, 0.2) is 11.6 Å². The molecule has 0 unspecified atom stereocenters. The largest absolute Gasteiger partial charge is 0.379 e. The van der Waals surface area contributed by atoms with Crippen LogP contribution in [0.1, 0.15) is 49.5 Å². The van der Waals surface area contributed by atoms with Crippen LogP contribution in [0.3, 0.4) is 0 Å². The summed E-state index contributed by atoms with van der Waals surface area (Å²) in [6.07, 6.45) is 6.85. The second-order valence-electron chi connectivity index (χ2n) is 7.27. The van der Waals surface area contributed by atoms with Crippen molar-refractivity contribution in [1.82, 2.24) is 4.90 Å². The van der Waals surface area contributed by atoms with Gasteiger partial charge >= 0.3 is 0 Å². The van der Waals surface area contributed by atoms with Gasteiger partial charge < -0.3 is 9.64 Å². The molecule has 2 nitrogen and oxygen atoms in total. The molecule has 1 fully saturated rings. The van der Waals surface area contributed by atoms with Crippen LogP contribution in [-0.2, 0) is 11.3 Å². The molecule has 0 atom stereocenters. The first-order valence-electron chi connectivity index (χ1n) is 8.76. The molecule has 4 heteroatoms. The summed E-state index contributed by atoms with van der Waals surface area (Å²) in [6.45, 7) is 5.47. The van der Waals surface area contributed by atoms with Crippen LogP contribution >= 0.6 is 33.9 Å². The zero-order chi connectivity index (χ0) is 16.4.